The number of carbonyl (C=O) groups excluding carboxylic acids is 2. The minimum absolute atomic E-state index is 0.0124. The minimum Gasteiger partial charge on any atom is -0.497 e. The molecule has 1 aromatic rings. The van der Waals surface area contributed by atoms with Crippen molar-refractivity contribution < 1.29 is 19.2 Å². The van der Waals surface area contributed by atoms with Gasteiger partial charge in [0.2, 0.25) is 0 Å². The van der Waals surface area contributed by atoms with Gasteiger partial charge in [-0.15, -0.1) is 11.8 Å². The van der Waals surface area contributed by atoms with Crippen molar-refractivity contribution in [2.75, 3.05) is 7.11 Å². The number of nitriles is 1. The highest BCUT2D eigenvalue weighted by molar-refractivity contribution is 8.03. The van der Waals surface area contributed by atoms with Gasteiger partial charge in [0, 0.05) is 5.25 Å². The standard InChI is InChI=1S/C17H15N3O4S2/c1-23-10-4-2-9(3-5-10)8-12-11(6-7-18)13(17(22)24-19)20-15(21)14(25)16(20)26-12/h2-5,12,16H,6,8,19H2,1H3/t12?,16-/m0/s1. The van der Waals surface area contributed by atoms with Crippen molar-refractivity contribution in [2.24, 2.45) is 5.90 Å². The van der Waals surface area contributed by atoms with E-state index in [1.54, 1.807) is 7.11 Å². The van der Waals surface area contributed by atoms with Gasteiger partial charge in [-0.1, -0.05) is 24.4 Å². The molecule has 0 aromatic heterocycles. The number of thiocarbonyl (C=S) groups is 1. The van der Waals surface area contributed by atoms with Crippen LogP contribution < -0.4 is 10.6 Å². The van der Waals surface area contributed by atoms with E-state index in [2.05, 4.69) is 10.9 Å². The minimum atomic E-state index is -0.837. The predicted molar refractivity (Wildman–Crippen MR) is 98.8 cm³/mol. The first-order valence-corrected chi connectivity index (χ1v) is 9.03. The van der Waals surface area contributed by atoms with Gasteiger partial charge in [-0.2, -0.15) is 11.2 Å². The fourth-order valence-electron chi connectivity index (χ4n) is 2.98. The summed E-state index contributed by atoms with van der Waals surface area (Å²) in [6, 6.07) is 9.58. The fourth-order valence-corrected chi connectivity index (χ4v) is 4.86. The third-order valence-electron chi connectivity index (χ3n) is 4.27. The maximum Gasteiger partial charge on any atom is 0.373 e. The first-order valence-electron chi connectivity index (χ1n) is 7.68. The van der Waals surface area contributed by atoms with Crippen molar-refractivity contribution in [3.63, 3.8) is 0 Å². The van der Waals surface area contributed by atoms with E-state index in [0.29, 0.717) is 12.0 Å². The molecule has 2 aliphatic heterocycles. The first kappa shape index (κ1) is 18.4. The lowest BCUT2D eigenvalue weighted by atomic mass is 9.97. The number of rotatable bonds is 5. The topological polar surface area (TPSA) is 106 Å². The molecule has 2 heterocycles. The second-order valence-electron chi connectivity index (χ2n) is 5.68. The van der Waals surface area contributed by atoms with Crippen LogP contribution in [0.2, 0.25) is 0 Å². The zero-order valence-electron chi connectivity index (χ0n) is 13.8. The number of ether oxygens (including phenoxy) is 1. The van der Waals surface area contributed by atoms with Crippen molar-refractivity contribution >= 4 is 40.7 Å². The summed E-state index contributed by atoms with van der Waals surface area (Å²) in [5, 5.41) is 8.59. The molecular formula is C17H15N3O4S2. The maximum absolute atomic E-state index is 12.2. The molecule has 1 unspecified atom stereocenters. The zero-order valence-corrected chi connectivity index (χ0v) is 15.4. The summed E-state index contributed by atoms with van der Waals surface area (Å²) < 4.78 is 5.15. The van der Waals surface area contributed by atoms with Crippen LogP contribution in [0.5, 0.6) is 5.75 Å². The van der Waals surface area contributed by atoms with Gasteiger partial charge < -0.3 is 9.57 Å². The molecule has 2 N–H and O–H groups in total. The maximum atomic E-state index is 12.2. The number of benzene rings is 1. The SMILES string of the molecule is COc1ccc(CC2S[C@H]3C(=S)C(=O)N3C(C(=O)ON)=C2CC#N)cc1. The number of thioether (sulfide) groups is 1. The Morgan fingerprint density at radius 1 is 1.42 bits per heavy atom. The summed E-state index contributed by atoms with van der Waals surface area (Å²) in [5.41, 5.74) is 1.56. The Labute approximate surface area is 159 Å². The summed E-state index contributed by atoms with van der Waals surface area (Å²) >= 11 is 6.59. The monoisotopic (exact) mass is 389 g/mol. The highest BCUT2D eigenvalue weighted by Crippen LogP contribution is 2.45. The molecule has 3 rings (SSSR count). The van der Waals surface area contributed by atoms with Crippen LogP contribution >= 0.6 is 24.0 Å². The average Bonchev–Trinajstić information content (AvgIpc) is 2.68. The molecule has 134 valence electrons. The molecule has 2 atom stereocenters. The second kappa shape index (κ2) is 7.45. The molecule has 0 saturated carbocycles. The van der Waals surface area contributed by atoms with Gasteiger partial charge >= 0.3 is 5.97 Å². The van der Waals surface area contributed by atoms with E-state index in [4.69, 9.17) is 22.9 Å². The molecule has 7 nitrogen and oxygen atoms in total. The third kappa shape index (κ3) is 3.07. The molecule has 1 aromatic carbocycles. The average molecular weight is 389 g/mol. The molecule has 0 bridgehead atoms. The second-order valence-corrected chi connectivity index (χ2v) is 7.41. The molecule has 9 heteroatoms. The van der Waals surface area contributed by atoms with Crippen LogP contribution in [0.3, 0.4) is 0 Å². The number of hydrogen-bond acceptors (Lipinski definition) is 8. The lowest BCUT2D eigenvalue weighted by Gasteiger charge is -2.47. The number of nitrogens with zero attached hydrogens (tertiary/aromatic N) is 2. The highest BCUT2D eigenvalue weighted by Gasteiger charge is 2.52. The molecule has 0 spiro atoms. The largest absolute Gasteiger partial charge is 0.497 e. The van der Waals surface area contributed by atoms with Gasteiger partial charge in [0.15, 0.2) is 0 Å². The van der Waals surface area contributed by atoms with Crippen LogP contribution in [-0.2, 0) is 20.8 Å². The number of nitrogens with two attached hydrogens (primary N) is 1. The lowest BCUT2D eigenvalue weighted by molar-refractivity contribution is -0.144. The summed E-state index contributed by atoms with van der Waals surface area (Å²) in [6.45, 7) is 0. The number of β-lactam (4-membered cyclic amide) rings is 1. The number of fused-ring (bicyclic) bond motifs is 1. The third-order valence-corrected chi connectivity index (χ3v) is 6.30. The highest BCUT2D eigenvalue weighted by atomic mass is 32.2. The Morgan fingerprint density at radius 3 is 2.69 bits per heavy atom. The number of amides is 1. The summed E-state index contributed by atoms with van der Waals surface area (Å²) in [6.07, 6.45) is 0.551. The first-order chi connectivity index (χ1) is 12.5. The van der Waals surface area contributed by atoms with Crippen molar-refractivity contribution in [1.29, 1.82) is 5.26 Å². The molecule has 1 saturated heterocycles. The van der Waals surface area contributed by atoms with Gasteiger partial charge in [-0.3, -0.25) is 9.69 Å². The van der Waals surface area contributed by atoms with Crippen LogP contribution in [0.25, 0.3) is 0 Å². The van der Waals surface area contributed by atoms with E-state index in [-0.39, 0.29) is 22.2 Å². The Morgan fingerprint density at radius 2 is 2.12 bits per heavy atom. The number of carbonyl (C=O) groups is 2. The van der Waals surface area contributed by atoms with Gasteiger partial charge in [0.25, 0.3) is 5.91 Å². The Hall–Kier alpha value is -2.41. The quantitative estimate of drug-likeness (QED) is 0.459. The van der Waals surface area contributed by atoms with Crippen molar-refractivity contribution in [3.8, 4) is 11.8 Å². The molecule has 2 aliphatic rings. The van der Waals surface area contributed by atoms with Crippen molar-refractivity contribution in [2.45, 2.75) is 23.5 Å². The smallest absolute Gasteiger partial charge is 0.373 e. The Kier molecular flexibility index (Phi) is 5.27. The van der Waals surface area contributed by atoms with Crippen LogP contribution in [0.4, 0.5) is 0 Å². The predicted octanol–water partition coefficient (Wildman–Crippen LogP) is 1.48. The summed E-state index contributed by atoms with van der Waals surface area (Å²) in [5.74, 6) is 4.53. The van der Waals surface area contributed by atoms with Crippen LogP contribution in [0, 0.1) is 11.3 Å². The molecule has 1 amide bonds. The van der Waals surface area contributed by atoms with E-state index in [0.717, 1.165) is 11.3 Å². The lowest BCUT2D eigenvalue weighted by Crippen LogP contribution is -2.62. The van der Waals surface area contributed by atoms with E-state index in [9.17, 15) is 14.9 Å². The van der Waals surface area contributed by atoms with Gasteiger partial charge in [-0.05, 0) is 29.7 Å². The summed E-state index contributed by atoms with van der Waals surface area (Å²) in [7, 11) is 1.59. The zero-order chi connectivity index (χ0) is 18.8. The summed E-state index contributed by atoms with van der Waals surface area (Å²) in [4.78, 5) is 30.2. The van der Waals surface area contributed by atoms with Crippen LogP contribution in [-0.4, -0.2) is 39.4 Å². The molecular weight excluding hydrogens is 374 g/mol. The van der Waals surface area contributed by atoms with Gasteiger partial charge in [0.1, 0.15) is 21.7 Å². The van der Waals surface area contributed by atoms with Gasteiger partial charge in [0.05, 0.1) is 19.6 Å². The van der Waals surface area contributed by atoms with E-state index in [1.807, 2.05) is 24.3 Å². The van der Waals surface area contributed by atoms with Crippen LogP contribution in [0.1, 0.15) is 12.0 Å². The van der Waals surface area contributed by atoms with E-state index >= 15 is 0 Å². The molecule has 1 fully saturated rings. The normalized spacial score (nSPS) is 21.7. The number of hydrogen-bond donors (Lipinski definition) is 1. The van der Waals surface area contributed by atoms with Crippen LogP contribution in [0.15, 0.2) is 35.5 Å². The molecule has 0 radical (unpaired) electrons. The van der Waals surface area contributed by atoms with Gasteiger partial charge in [-0.25, -0.2) is 4.79 Å². The Balaban J connectivity index is 1.99. The Bertz CT molecular complexity index is 845. The van der Waals surface area contributed by atoms with E-state index < -0.39 is 17.3 Å². The van der Waals surface area contributed by atoms with Crippen molar-refractivity contribution in [1.82, 2.24) is 4.90 Å². The molecule has 0 aliphatic carbocycles. The van der Waals surface area contributed by atoms with Crippen molar-refractivity contribution in [3.05, 3.63) is 41.1 Å². The molecule has 26 heavy (non-hydrogen) atoms. The van der Waals surface area contributed by atoms with E-state index in [1.165, 1.54) is 16.7 Å². The number of methoxy groups -OCH3 is 1. The fraction of sp³-hybridized carbons (Fsp3) is 0.294.